The molecule has 5 nitrogen and oxygen atoms in total. The summed E-state index contributed by atoms with van der Waals surface area (Å²) in [6, 6.07) is 0.0188. The Morgan fingerprint density at radius 2 is 2.12 bits per heavy atom. The van der Waals surface area contributed by atoms with Gasteiger partial charge in [0.2, 0.25) is 0 Å². The molecule has 0 amide bonds. The Morgan fingerprint density at radius 1 is 1.41 bits per heavy atom. The lowest BCUT2D eigenvalue weighted by Gasteiger charge is -2.28. The standard InChI is InChI=1S/C12H19NO4/c1-8(14)10-9-6-4-5-7-13(9)17-12(10,2)11(15)16-3/h9-10H,4-7H2,1-3H3/t9-,10-,12-/m1/s1. The van der Waals surface area contributed by atoms with Gasteiger partial charge >= 0.3 is 5.97 Å². The van der Waals surface area contributed by atoms with E-state index in [1.54, 1.807) is 12.0 Å². The van der Waals surface area contributed by atoms with Gasteiger partial charge in [0.05, 0.1) is 13.0 Å². The molecule has 2 fully saturated rings. The van der Waals surface area contributed by atoms with E-state index in [-0.39, 0.29) is 11.8 Å². The number of ether oxygens (including phenoxy) is 1. The molecule has 2 aliphatic heterocycles. The van der Waals surface area contributed by atoms with Crippen molar-refractivity contribution < 1.29 is 19.2 Å². The van der Waals surface area contributed by atoms with Gasteiger partial charge in [0.15, 0.2) is 5.60 Å². The fourth-order valence-electron chi connectivity index (χ4n) is 3.07. The Hall–Kier alpha value is -0.940. The smallest absolute Gasteiger partial charge is 0.340 e. The first-order valence-corrected chi connectivity index (χ1v) is 6.05. The van der Waals surface area contributed by atoms with E-state index in [4.69, 9.17) is 9.57 Å². The van der Waals surface area contributed by atoms with Crippen molar-refractivity contribution in [3.63, 3.8) is 0 Å². The Bertz CT molecular complexity index is 343. The Morgan fingerprint density at radius 3 is 2.71 bits per heavy atom. The summed E-state index contributed by atoms with van der Waals surface area (Å²) >= 11 is 0. The zero-order valence-corrected chi connectivity index (χ0v) is 10.6. The van der Waals surface area contributed by atoms with Gasteiger partial charge < -0.3 is 4.74 Å². The second-order valence-corrected chi connectivity index (χ2v) is 4.98. The van der Waals surface area contributed by atoms with Crippen LogP contribution in [0.3, 0.4) is 0 Å². The van der Waals surface area contributed by atoms with Crippen molar-refractivity contribution in [1.29, 1.82) is 0 Å². The van der Waals surface area contributed by atoms with Crippen LogP contribution in [0.5, 0.6) is 0 Å². The van der Waals surface area contributed by atoms with Crippen molar-refractivity contribution in [3.8, 4) is 0 Å². The molecule has 0 spiro atoms. The molecule has 0 aromatic heterocycles. The van der Waals surface area contributed by atoms with Gasteiger partial charge in [0.25, 0.3) is 0 Å². The number of rotatable bonds is 2. The van der Waals surface area contributed by atoms with Crippen LogP contribution in [-0.2, 0) is 19.2 Å². The Kier molecular flexibility index (Phi) is 3.23. The first-order valence-electron chi connectivity index (χ1n) is 6.05. The molecule has 0 aromatic carbocycles. The number of fused-ring (bicyclic) bond motifs is 1. The summed E-state index contributed by atoms with van der Waals surface area (Å²) in [5.74, 6) is -0.894. The minimum Gasteiger partial charge on any atom is -0.467 e. The molecule has 2 saturated heterocycles. The SMILES string of the molecule is COC(=O)[C@]1(C)ON2CCCC[C@@H]2[C@H]1C(C)=O. The van der Waals surface area contributed by atoms with Crippen molar-refractivity contribution in [2.24, 2.45) is 5.92 Å². The quantitative estimate of drug-likeness (QED) is 0.673. The molecule has 3 atom stereocenters. The normalized spacial score (nSPS) is 37.6. The molecule has 2 heterocycles. The molecule has 0 saturated carbocycles. The minimum absolute atomic E-state index is 0.00713. The van der Waals surface area contributed by atoms with Gasteiger partial charge in [-0.2, -0.15) is 5.06 Å². The number of hydrogen-bond acceptors (Lipinski definition) is 5. The highest BCUT2D eigenvalue weighted by atomic mass is 16.7. The van der Waals surface area contributed by atoms with Gasteiger partial charge in [0.1, 0.15) is 5.78 Å². The molecule has 0 radical (unpaired) electrons. The summed E-state index contributed by atoms with van der Waals surface area (Å²) in [5, 5.41) is 1.80. The molecular formula is C12H19NO4. The van der Waals surface area contributed by atoms with E-state index >= 15 is 0 Å². The summed E-state index contributed by atoms with van der Waals surface area (Å²) in [7, 11) is 1.32. The number of carbonyl (C=O) groups is 2. The van der Waals surface area contributed by atoms with Crippen LogP contribution in [0.15, 0.2) is 0 Å². The number of methoxy groups -OCH3 is 1. The average molecular weight is 241 g/mol. The van der Waals surface area contributed by atoms with Crippen molar-refractivity contribution in [2.75, 3.05) is 13.7 Å². The number of hydrogen-bond donors (Lipinski definition) is 0. The van der Waals surface area contributed by atoms with Gasteiger partial charge in [-0.15, -0.1) is 0 Å². The molecule has 0 N–H and O–H groups in total. The lowest BCUT2D eigenvalue weighted by Crippen LogP contribution is -2.47. The lowest BCUT2D eigenvalue weighted by atomic mass is 9.79. The van der Waals surface area contributed by atoms with E-state index in [1.807, 2.05) is 0 Å². The highest BCUT2D eigenvalue weighted by Gasteiger charge is 2.59. The number of carbonyl (C=O) groups excluding carboxylic acids is 2. The maximum absolute atomic E-state index is 11.9. The van der Waals surface area contributed by atoms with Gasteiger partial charge in [-0.3, -0.25) is 9.63 Å². The topological polar surface area (TPSA) is 55.8 Å². The number of piperidine rings is 1. The number of nitrogens with zero attached hydrogens (tertiary/aromatic N) is 1. The van der Waals surface area contributed by atoms with Crippen LogP contribution < -0.4 is 0 Å². The predicted octanol–water partition coefficient (Wildman–Crippen LogP) is 0.923. The van der Waals surface area contributed by atoms with Gasteiger partial charge in [-0.05, 0) is 26.7 Å². The number of ketones is 1. The zero-order chi connectivity index (χ0) is 12.6. The summed E-state index contributed by atoms with van der Waals surface area (Å²) in [5.41, 5.74) is -1.16. The second-order valence-electron chi connectivity index (χ2n) is 4.98. The van der Waals surface area contributed by atoms with E-state index < -0.39 is 17.5 Å². The first-order chi connectivity index (χ1) is 8.00. The van der Waals surface area contributed by atoms with Crippen LogP contribution in [0.4, 0.5) is 0 Å². The summed E-state index contributed by atoms with van der Waals surface area (Å²) in [4.78, 5) is 29.4. The van der Waals surface area contributed by atoms with E-state index in [0.717, 1.165) is 25.8 Å². The van der Waals surface area contributed by atoms with Crippen LogP contribution in [0.1, 0.15) is 33.1 Å². The molecule has 0 aromatic rings. The fourth-order valence-corrected chi connectivity index (χ4v) is 3.07. The van der Waals surface area contributed by atoms with E-state index in [9.17, 15) is 9.59 Å². The van der Waals surface area contributed by atoms with Crippen molar-refractivity contribution in [3.05, 3.63) is 0 Å². The third kappa shape index (κ3) is 1.87. The molecule has 0 aliphatic carbocycles. The summed E-state index contributed by atoms with van der Waals surface area (Å²) in [6.07, 6.45) is 3.01. The van der Waals surface area contributed by atoms with Crippen LogP contribution in [0.25, 0.3) is 0 Å². The average Bonchev–Trinajstić information content (AvgIpc) is 2.61. The maximum atomic E-state index is 11.9. The minimum atomic E-state index is -1.16. The van der Waals surface area contributed by atoms with E-state index in [1.165, 1.54) is 14.0 Å². The molecule has 96 valence electrons. The van der Waals surface area contributed by atoms with Crippen molar-refractivity contribution in [2.45, 2.75) is 44.8 Å². The van der Waals surface area contributed by atoms with Gasteiger partial charge in [-0.1, -0.05) is 6.42 Å². The Balaban J connectivity index is 2.32. The van der Waals surface area contributed by atoms with Crippen LogP contribution >= 0.6 is 0 Å². The number of Topliss-reactive ketones (excluding diaryl/α,β-unsaturated/α-hetero) is 1. The second kappa shape index (κ2) is 4.38. The predicted molar refractivity (Wildman–Crippen MR) is 60.0 cm³/mol. The monoisotopic (exact) mass is 241 g/mol. The molecule has 2 rings (SSSR count). The maximum Gasteiger partial charge on any atom is 0.340 e. The van der Waals surface area contributed by atoms with Crippen LogP contribution in [-0.4, -0.2) is 42.1 Å². The molecule has 2 aliphatic rings. The molecule has 0 unspecified atom stereocenters. The van der Waals surface area contributed by atoms with Crippen LogP contribution in [0.2, 0.25) is 0 Å². The fraction of sp³-hybridized carbons (Fsp3) is 0.833. The summed E-state index contributed by atoms with van der Waals surface area (Å²) < 4.78 is 4.78. The largest absolute Gasteiger partial charge is 0.467 e. The van der Waals surface area contributed by atoms with Crippen LogP contribution in [0, 0.1) is 5.92 Å². The summed E-state index contributed by atoms with van der Waals surface area (Å²) in [6.45, 7) is 3.96. The number of esters is 1. The molecule has 17 heavy (non-hydrogen) atoms. The van der Waals surface area contributed by atoms with Gasteiger partial charge in [0, 0.05) is 12.6 Å². The Labute approximate surface area is 101 Å². The highest BCUT2D eigenvalue weighted by molar-refractivity contribution is 5.90. The molecular weight excluding hydrogens is 222 g/mol. The van der Waals surface area contributed by atoms with Gasteiger partial charge in [-0.25, -0.2) is 4.79 Å². The van der Waals surface area contributed by atoms with E-state index in [0.29, 0.717) is 0 Å². The third-order valence-corrected chi connectivity index (χ3v) is 3.81. The zero-order valence-electron chi connectivity index (χ0n) is 10.6. The van der Waals surface area contributed by atoms with E-state index in [2.05, 4.69) is 0 Å². The molecule has 5 heteroatoms. The van der Waals surface area contributed by atoms with Crippen molar-refractivity contribution in [1.82, 2.24) is 5.06 Å². The number of hydroxylamine groups is 2. The first kappa shape index (κ1) is 12.5. The lowest BCUT2D eigenvalue weighted by molar-refractivity contribution is -0.220. The van der Waals surface area contributed by atoms with Crippen molar-refractivity contribution >= 4 is 11.8 Å². The highest BCUT2D eigenvalue weighted by Crippen LogP contribution is 2.42. The third-order valence-electron chi connectivity index (χ3n) is 3.81. The molecule has 0 bridgehead atoms.